The molecule has 4 nitrogen and oxygen atoms in total. The lowest BCUT2D eigenvalue weighted by atomic mass is 9.84. The van der Waals surface area contributed by atoms with Crippen molar-refractivity contribution in [1.29, 1.82) is 0 Å². The van der Waals surface area contributed by atoms with E-state index in [4.69, 9.17) is 34.8 Å². The Morgan fingerprint density at radius 1 is 1.12 bits per heavy atom. The van der Waals surface area contributed by atoms with Gasteiger partial charge in [0, 0.05) is 0 Å². The van der Waals surface area contributed by atoms with Crippen molar-refractivity contribution in [3.8, 4) is 0 Å². The van der Waals surface area contributed by atoms with Crippen molar-refractivity contribution in [3.05, 3.63) is 51.7 Å². The fourth-order valence-electron chi connectivity index (χ4n) is 2.32. The predicted molar refractivity (Wildman–Crippen MR) is 96.6 cm³/mol. The van der Waals surface area contributed by atoms with Crippen LogP contribution >= 0.6 is 34.8 Å². The molecule has 0 heterocycles. The number of Topliss-reactive ketones (excluding diaryl/α,β-unsaturated/α-hetero) is 1. The van der Waals surface area contributed by atoms with E-state index < -0.39 is 26.6 Å². The van der Waals surface area contributed by atoms with Gasteiger partial charge in [-0.05, 0) is 30.5 Å². The van der Waals surface area contributed by atoms with Crippen molar-refractivity contribution < 1.29 is 13.2 Å². The zero-order valence-electron chi connectivity index (χ0n) is 13.2. The van der Waals surface area contributed by atoms with E-state index in [1.165, 1.54) is 19.1 Å². The smallest absolute Gasteiger partial charge is 0.261 e. The van der Waals surface area contributed by atoms with Crippen molar-refractivity contribution in [2.75, 3.05) is 0 Å². The minimum absolute atomic E-state index is 0.0359. The molecule has 1 aromatic carbocycles. The van der Waals surface area contributed by atoms with Gasteiger partial charge in [-0.15, -0.1) is 11.6 Å². The number of rotatable bonds is 4. The van der Waals surface area contributed by atoms with Crippen LogP contribution in [-0.4, -0.2) is 19.1 Å². The average molecular weight is 409 g/mol. The lowest BCUT2D eigenvalue weighted by Crippen LogP contribution is -2.44. The highest BCUT2D eigenvalue weighted by atomic mass is 35.5. The summed E-state index contributed by atoms with van der Waals surface area (Å²) in [7, 11) is -3.90. The standard InChI is InChI=1S/C16H16Cl3NO3S/c1-9(2)16(19)14(18)13(10(3)12(17)15(16)21)20-24(22,23)11-7-5-4-6-8-11/h4-9,20H,1-3H3/t16-/m0/s1. The molecule has 1 atom stereocenters. The van der Waals surface area contributed by atoms with E-state index in [0.717, 1.165) is 0 Å². The summed E-state index contributed by atoms with van der Waals surface area (Å²) < 4.78 is 27.5. The Bertz CT molecular complexity index is 845. The summed E-state index contributed by atoms with van der Waals surface area (Å²) in [6.07, 6.45) is 0. The van der Waals surface area contributed by atoms with E-state index in [9.17, 15) is 13.2 Å². The zero-order valence-corrected chi connectivity index (χ0v) is 16.3. The molecule has 0 fully saturated rings. The lowest BCUT2D eigenvalue weighted by Gasteiger charge is -2.35. The Hall–Kier alpha value is -1.01. The van der Waals surface area contributed by atoms with E-state index in [0.29, 0.717) is 0 Å². The first-order valence-electron chi connectivity index (χ1n) is 7.12. The van der Waals surface area contributed by atoms with E-state index in [2.05, 4.69) is 4.72 Å². The summed E-state index contributed by atoms with van der Waals surface area (Å²) in [6, 6.07) is 7.80. The third-order valence-corrected chi connectivity index (χ3v) is 7.06. The van der Waals surface area contributed by atoms with Crippen LogP contribution in [0, 0.1) is 5.92 Å². The lowest BCUT2D eigenvalue weighted by molar-refractivity contribution is -0.117. The largest absolute Gasteiger partial charge is 0.291 e. The molecule has 2 rings (SSSR count). The molecule has 1 aromatic rings. The van der Waals surface area contributed by atoms with Crippen LogP contribution in [0.2, 0.25) is 0 Å². The Morgan fingerprint density at radius 2 is 1.67 bits per heavy atom. The quantitative estimate of drug-likeness (QED) is 0.761. The number of benzene rings is 1. The summed E-state index contributed by atoms with van der Waals surface area (Å²) in [5.41, 5.74) is 0.275. The topological polar surface area (TPSA) is 63.2 Å². The van der Waals surface area contributed by atoms with Gasteiger partial charge in [0.05, 0.1) is 20.7 Å². The number of nitrogens with one attached hydrogen (secondary N) is 1. The Balaban J connectivity index is 2.59. The van der Waals surface area contributed by atoms with Crippen LogP contribution in [0.1, 0.15) is 20.8 Å². The van der Waals surface area contributed by atoms with Crippen LogP contribution in [0.5, 0.6) is 0 Å². The molecule has 1 aliphatic carbocycles. The fraction of sp³-hybridized carbons (Fsp3) is 0.312. The maximum atomic E-state index is 12.6. The molecule has 0 radical (unpaired) electrons. The summed E-state index contributed by atoms with van der Waals surface area (Å²) in [5, 5.41) is -0.209. The van der Waals surface area contributed by atoms with Crippen molar-refractivity contribution in [2.45, 2.75) is 30.5 Å². The number of halogens is 3. The SMILES string of the molecule is CC1=C(Cl)C(=O)[C@](Cl)(C(C)C)C(Cl)=C1NS(=O)(=O)c1ccccc1. The number of carbonyl (C=O) groups excluding carboxylic acids is 1. The molecule has 0 unspecified atom stereocenters. The summed E-state index contributed by atoms with van der Waals surface area (Å²) in [6.45, 7) is 4.94. The Labute approximate surface area is 156 Å². The summed E-state index contributed by atoms with van der Waals surface area (Å²) in [4.78, 5) is 10.9. The first-order chi connectivity index (χ1) is 11.0. The van der Waals surface area contributed by atoms with Crippen molar-refractivity contribution in [2.24, 2.45) is 5.92 Å². The molecule has 1 N–H and O–H groups in total. The molecule has 24 heavy (non-hydrogen) atoms. The normalized spacial score (nSPS) is 22.4. The Morgan fingerprint density at radius 3 is 2.17 bits per heavy atom. The molecule has 0 aliphatic heterocycles. The number of hydrogen-bond donors (Lipinski definition) is 1. The van der Waals surface area contributed by atoms with Crippen LogP contribution in [0.3, 0.4) is 0 Å². The minimum atomic E-state index is -3.90. The van der Waals surface area contributed by atoms with Gasteiger partial charge in [-0.2, -0.15) is 0 Å². The number of carbonyl (C=O) groups is 1. The molecular weight excluding hydrogens is 393 g/mol. The second-order valence-electron chi connectivity index (χ2n) is 5.74. The van der Waals surface area contributed by atoms with Gasteiger partial charge in [-0.1, -0.05) is 55.2 Å². The van der Waals surface area contributed by atoms with Gasteiger partial charge < -0.3 is 0 Å². The van der Waals surface area contributed by atoms with Gasteiger partial charge in [-0.25, -0.2) is 8.42 Å². The first kappa shape index (κ1) is 19.3. The minimum Gasteiger partial charge on any atom is -0.291 e. The summed E-state index contributed by atoms with van der Waals surface area (Å²) in [5.74, 6) is -0.928. The van der Waals surface area contributed by atoms with Crippen LogP contribution < -0.4 is 4.72 Å². The monoisotopic (exact) mass is 407 g/mol. The molecular formula is C16H16Cl3NO3S. The van der Waals surface area contributed by atoms with E-state index in [1.807, 2.05) is 0 Å². The van der Waals surface area contributed by atoms with E-state index in [1.54, 1.807) is 32.0 Å². The molecule has 130 valence electrons. The highest BCUT2D eigenvalue weighted by molar-refractivity contribution is 7.89. The zero-order chi connectivity index (χ0) is 18.3. The highest BCUT2D eigenvalue weighted by Gasteiger charge is 2.49. The second kappa shape index (κ2) is 6.71. The number of alkyl halides is 1. The number of allylic oxidation sites excluding steroid dienone is 3. The molecule has 8 heteroatoms. The van der Waals surface area contributed by atoms with Gasteiger partial charge in [0.1, 0.15) is 4.87 Å². The van der Waals surface area contributed by atoms with Gasteiger partial charge in [-0.3, -0.25) is 9.52 Å². The molecule has 0 saturated heterocycles. The second-order valence-corrected chi connectivity index (χ2v) is 8.78. The first-order valence-corrected chi connectivity index (χ1v) is 9.73. The average Bonchev–Trinajstić information content (AvgIpc) is 2.55. The number of ketones is 1. The fourth-order valence-corrected chi connectivity index (χ4v) is 4.50. The number of hydrogen-bond acceptors (Lipinski definition) is 3. The predicted octanol–water partition coefficient (Wildman–Crippen LogP) is 4.14. The maximum Gasteiger partial charge on any atom is 0.261 e. The van der Waals surface area contributed by atoms with Crippen LogP contribution in [0.25, 0.3) is 0 Å². The third kappa shape index (κ3) is 3.10. The van der Waals surface area contributed by atoms with Crippen molar-refractivity contribution in [1.82, 2.24) is 4.72 Å². The van der Waals surface area contributed by atoms with Crippen LogP contribution in [-0.2, 0) is 14.8 Å². The molecule has 0 aromatic heterocycles. The van der Waals surface area contributed by atoms with E-state index in [-0.39, 0.29) is 26.2 Å². The molecule has 0 spiro atoms. The molecule has 0 amide bonds. The highest BCUT2D eigenvalue weighted by Crippen LogP contribution is 2.46. The van der Waals surface area contributed by atoms with Crippen molar-refractivity contribution in [3.63, 3.8) is 0 Å². The molecule has 0 bridgehead atoms. The summed E-state index contributed by atoms with van der Waals surface area (Å²) >= 11 is 18.9. The molecule has 1 aliphatic rings. The van der Waals surface area contributed by atoms with Gasteiger partial charge in [0.25, 0.3) is 10.0 Å². The van der Waals surface area contributed by atoms with Crippen LogP contribution in [0.4, 0.5) is 0 Å². The van der Waals surface area contributed by atoms with Gasteiger partial charge in [0.15, 0.2) is 0 Å². The number of sulfonamides is 1. The van der Waals surface area contributed by atoms with Gasteiger partial charge >= 0.3 is 0 Å². The van der Waals surface area contributed by atoms with Gasteiger partial charge in [0.2, 0.25) is 5.78 Å². The van der Waals surface area contributed by atoms with Crippen molar-refractivity contribution >= 4 is 50.6 Å². The third-order valence-electron chi connectivity index (χ3n) is 3.86. The molecule has 0 saturated carbocycles. The Kier molecular flexibility index (Phi) is 5.40. The maximum absolute atomic E-state index is 12.6. The van der Waals surface area contributed by atoms with E-state index >= 15 is 0 Å². The van der Waals surface area contributed by atoms with Crippen LogP contribution in [0.15, 0.2) is 56.6 Å².